The minimum absolute atomic E-state index is 0.0578. The van der Waals surface area contributed by atoms with Crippen LogP contribution in [0.2, 0.25) is 10.0 Å². The van der Waals surface area contributed by atoms with E-state index in [2.05, 4.69) is 10.4 Å². The fourth-order valence-electron chi connectivity index (χ4n) is 3.30. The largest absolute Gasteiger partial charge is 0.481 e. The second kappa shape index (κ2) is 9.80. The van der Waals surface area contributed by atoms with Crippen molar-refractivity contribution in [2.75, 3.05) is 6.61 Å². The molecule has 1 heterocycles. The molecule has 0 aliphatic heterocycles. The van der Waals surface area contributed by atoms with Crippen LogP contribution < -0.4 is 10.1 Å². The molecule has 1 atom stereocenters. The van der Waals surface area contributed by atoms with Gasteiger partial charge >= 0.3 is 5.97 Å². The molecule has 4 rings (SSSR count). The number of carbonyl (C=O) groups is 2. The van der Waals surface area contributed by atoms with Crippen LogP contribution in [0.25, 0.3) is 5.69 Å². The van der Waals surface area contributed by atoms with E-state index in [0.29, 0.717) is 18.1 Å². The van der Waals surface area contributed by atoms with E-state index in [1.54, 1.807) is 30.3 Å². The SMILES string of the molecule is O=C(O)C[C@H](NC(=O)c1cc(OCC2CC2)n(-c2ccccc2F)n1)c1cccc(Cl)c1Cl. The summed E-state index contributed by atoms with van der Waals surface area (Å²) < 4.78 is 21.5. The fourth-order valence-corrected chi connectivity index (χ4v) is 3.74. The van der Waals surface area contributed by atoms with Gasteiger partial charge in [-0.1, -0.05) is 47.5 Å². The predicted octanol–water partition coefficient (Wildman–Crippen LogP) is 5.05. The summed E-state index contributed by atoms with van der Waals surface area (Å²) >= 11 is 12.3. The number of hydrogen-bond acceptors (Lipinski definition) is 4. The van der Waals surface area contributed by atoms with Gasteiger partial charge in [-0.05, 0) is 42.5 Å². The van der Waals surface area contributed by atoms with E-state index in [1.807, 2.05) is 0 Å². The summed E-state index contributed by atoms with van der Waals surface area (Å²) in [5, 5.41) is 16.6. The van der Waals surface area contributed by atoms with Crippen LogP contribution in [0.4, 0.5) is 4.39 Å². The summed E-state index contributed by atoms with van der Waals surface area (Å²) in [5.41, 5.74) is 0.429. The normalized spacial score (nSPS) is 14.0. The number of amides is 1. The molecule has 1 aromatic heterocycles. The van der Waals surface area contributed by atoms with Gasteiger partial charge in [0.15, 0.2) is 5.69 Å². The molecule has 2 N–H and O–H groups in total. The van der Waals surface area contributed by atoms with E-state index in [0.717, 1.165) is 12.8 Å². The van der Waals surface area contributed by atoms with Gasteiger partial charge in [-0.3, -0.25) is 9.59 Å². The van der Waals surface area contributed by atoms with Crippen molar-refractivity contribution in [3.8, 4) is 11.6 Å². The van der Waals surface area contributed by atoms with Gasteiger partial charge < -0.3 is 15.2 Å². The lowest BCUT2D eigenvalue weighted by Crippen LogP contribution is -2.30. The van der Waals surface area contributed by atoms with E-state index < -0.39 is 30.2 Å². The summed E-state index contributed by atoms with van der Waals surface area (Å²) in [5.74, 6) is -1.69. The second-order valence-corrected chi connectivity index (χ2v) is 8.54. The van der Waals surface area contributed by atoms with Crippen molar-refractivity contribution in [1.82, 2.24) is 15.1 Å². The molecule has 10 heteroatoms. The van der Waals surface area contributed by atoms with Gasteiger partial charge in [-0.15, -0.1) is 0 Å². The van der Waals surface area contributed by atoms with Gasteiger partial charge in [0.1, 0.15) is 11.5 Å². The predicted molar refractivity (Wildman–Crippen MR) is 121 cm³/mol. The molecule has 2 aromatic carbocycles. The van der Waals surface area contributed by atoms with Gasteiger partial charge in [-0.25, -0.2) is 4.39 Å². The Labute approximate surface area is 199 Å². The number of aromatic nitrogens is 2. The molecule has 0 spiro atoms. The minimum Gasteiger partial charge on any atom is -0.481 e. The zero-order valence-electron chi connectivity index (χ0n) is 17.3. The monoisotopic (exact) mass is 491 g/mol. The number of hydrogen-bond donors (Lipinski definition) is 2. The first-order chi connectivity index (χ1) is 15.8. The summed E-state index contributed by atoms with van der Waals surface area (Å²) in [7, 11) is 0. The molecule has 33 heavy (non-hydrogen) atoms. The Balaban J connectivity index is 1.64. The first-order valence-electron chi connectivity index (χ1n) is 10.3. The summed E-state index contributed by atoms with van der Waals surface area (Å²) in [6.07, 6.45) is 1.68. The molecule has 1 aliphatic rings. The van der Waals surface area contributed by atoms with Crippen LogP contribution in [0, 0.1) is 11.7 Å². The van der Waals surface area contributed by atoms with Gasteiger partial charge in [-0.2, -0.15) is 9.78 Å². The third-order valence-corrected chi connectivity index (χ3v) is 6.03. The third kappa shape index (κ3) is 5.46. The highest BCUT2D eigenvalue weighted by Gasteiger charge is 2.27. The number of para-hydroxylation sites is 1. The van der Waals surface area contributed by atoms with E-state index in [-0.39, 0.29) is 27.3 Å². The molecule has 0 unspecified atom stereocenters. The third-order valence-electron chi connectivity index (χ3n) is 5.19. The van der Waals surface area contributed by atoms with Crippen molar-refractivity contribution >= 4 is 35.1 Å². The number of rotatable bonds is 9. The minimum atomic E-state index is -1.14. The van der Waals surface area contributed by atoms with Crippen molar-refractivity contribution in [2.45, 2.75) is 25.3 Å². The maximum atomic E-state index is 14.4. The van der Waals surface area contributed by atoms with Crippen molar-refractivity contribution < 1.29 is 23.8 Å². The average Bonchev–Trinajstić information content (AvgIpc) is 3.51. The van der Waals surface area contributed by atoms with Crippen LogP contribution in [-0.2, 0) is 4.79 Å². The Morgan fingerprint density at radius 1 is 1.21 bits per heavy atom. The highest BCUT2D eigenvalue weighted by molar-refractivity contribution is 6.42. The Bertz CT molecular complexity index is 1200. The number of benzene rings is 2. The number of ether oxygens (including phenoxy) is 1. The summed E-state index contributed by atoms with van der Waals surface area (Å²) in [6, 6.07) is 11.2. The van der Waals surface area contributed by atoms with Crippen LogP contribution >= 0.6 is 23.2 Å². The molecule has 3 aromatic rings. The number of carboxylic acids is 1. The lowest BCUT2D eigenvalue weighted by atomic mass is 10.0. The molecule has 0 bridgehead atoms. The van der Waals surface area contributed by atoms with Crippen LogP contribution in [0.1, 0.15) is 41.4 Å². The number of halogens is 3. The quantitative estimate of drug-likeness (QED) is 0.436. The Morgan fingerprint density at radius 2 is 1.97 bits per heavy atom. The van der Waals surface area contributed by atoms with Crippen LogP contribution in [0.15, 0.2) is 48.5 Å². The topological polar surface area (TPSA) is 93.5 Å². The van der Waals surface area contributed by atoms with Crippen LogP contribution in [0.3, 0.4) is 0 Å². The van der Waals surface area contributed by atoms with E-state index in [1.165, 1.54) is 22.9 Å². The molecule has 1 fully saturated rings. The molecule has 0 saturated heterocycles. The van der Waals surface area contributed by atoms with Gasteiger partial charge in [0.2, 0.25) is 5.88 Å². The molecule has 1 saturated carbocycles. The number of nitrogens with zero attached hydrogens (tertiary/aromatic N) is 2. The number of carbonyl (C=O) groups excluding carboxylic acids is 1. The molecular weight excluding hydrogens is 472 g/mol. The first-order valence-corrected chi connectivity index (χ1v) is 11.0. The molecule has 0 radical (unpaired) electrons. The van der Waals surface area contributed by atoms with Gasteiger partial charge in [0, 0.05) is 6.07 Å². The van der Waals surface area contributed by atoms with Crippen molar-refractivity contribution in [2.24, 2.45) is 5.92 Å². The molecule has 1 amide bonds. The molecular formula is C23H20Cl2FN3O4. The highest BCUT2D eigenvalue weighted by Crippen LogP contribution is 2.33. The van der Waals surface area contributed by atoms with Crippen molar-refractivity contribution in [3.05, 3.63) is 75.7 Å². The Hall–Kier alpha value is -3.10. The fraction of sp³-hybridized carbons (Fsp3) is 0.261. The van der Waals surface area contributed by atoms with E-state index in [9.17, 15) is 19.1 Å². The van der Waals surface area contributed by atoms with Crippen LogP contribution in [0.5, 0.6) is 5.88 Å². The Kier molecular flexibility index (Phi) is 6.85. The second-order valence-electron chi connectivity index (χ2n) is 7.75. The maximum absolute atomic E-state index is 14.4. The zero-order valence-corrected chi connectivity index (χ0v) is 18.8. The highest BCUT2D eigenvalue weighted by atomic mass is 35.5. The number of carboxylic acid groups (broad SMARTS) is 1. The van der Waals surface area contributed by atoms with E-state index in [4.69, 9.17) is 27.9 Å². The molecule has 172 valence electrons. The molecule has 7 nitrogen and oxygen atoms in total. The van der Waals surface area contributed by atoms with Crippen molar-refractivity contribution in [3.63, 3.8) is 0 Å². The zero-order chi connectivity index (χ0) is 23.5. The lowest BCUT2D eigenvalue weighted by Gasteiger charge is -2.18. The van der Waals surface area contributed by atoms with Gasteiger partial charge in [0.25, 0.3) is 5.91 Å². The van der Waals surface area contributed by atoms with Crippen molar-refractivity contribution in [1.29, 1.82) is 0 Å². The Morgan fingerprint density at radius 3 is 2.67 bits per heavy atom. The summed E-state index contributed by atoms with van der Waals surface area (Å²) in [4.78, 5) is 24.5. The lowest BCUT2D eigenvalue weighted by molar-refractivity contribution is -0.137. The standard InChI is InChI=1S/C23H20Cl2FN3O4/c24-15-5-3-4-14(22(15)25)17(11-21(30)31)27-23(32)18-10-20(33-12-13-8-9-13)29(28-18)19-7-2-1-6-16(19)26/h1-7,10,13,17H,8-9,11-12H2,(H,27,32)(H,30,31)/t17-/m0/s1. The number of nitrogens with one attached hydrogen (secondary N) is 1. The van der Waals surface area contributed by atoms with Gasteiger partial charge in [0.05, 0.1) is 29.1 Å². The number of aliphatic carboxylic acids is 1. The summed E-state index contributed by atoms with van der Waals surface area (Å²) in [6.45, 7) is 0.432. The maximum Gasteiger partial charge on any atom is 0.305 e. The van der Waals surface area contributed by atoms with E-state index >= 15 is 0 Å². The van der Waals surface area contributed by atoms with Crippen LogP contribution in [-0.4, -0.2) is 33.4 Å². The average molecular weight is 492 g/mol. The molecule has 1 aliphatic carbocycles. The smallest absolute Gasteiger partial charge is 0.305 e. The first kappa shape index (κ1) is 23.1.